The molecule has 0 spiro atoms. The topological polar surface area (TPSA) is 34.9 Å². The molecule has 0 N–H and O–H groups in total. The van der Waals surface area contributed by atoms with E-state index in [1.54, 1.807) is 6.07 Å². The Morgan fingerprint density at radius 1 is 1.17 bits per heavy atom. The van der Waals surface area contributed by atoms with Gasteiger partial charge in [0.1, 0.15) is 5.69 Å². The lowest BCUT2D eigenvalue weighted by atomic mass is 9.92. The molecule has 0 bridgehead atoms. The number of alkyl halides is 3. The average molecular weight is 345 g/mol. The van der Waals surface area contributed by atoms with Crippen LogP contribution in [0.2, 0.25) is 0 Å². The van der Waals surface area contributed by atoms with Crippen molar-refractivity contribution in [1.82, 2.24) is 9.78 Å². The van der Waals surface area contributed by atoms with E-state index in [0.717, 1.165) is 12.1 Å². The second-order valence-electron chi connectivity index (χ2n) is 6.29. The number of halogens is 4. The first kappa shape index (κ1) is 17.5. The molecule has 0 amide bonds. The number of rotatable bonds is 3. The Labute approximate surface area is 137 Å². The van der Waals surface area contributed by atoms with E-state index in [1.807, 2.05) is 20.8 Å². The largest absolute Gasteiger partial charge is 0.416 e. The van der Waals surface area contributed by atoms with Crippen LogP contribution in [0.1, 0.15) is 48.1 Å². The third-order valence-corrected chi connectivity index (χ3v) is 3.56. The predicted molar refractivity (Wildman–Crippen MR) is 81.7 cm³/mol. The Morgan fingerprint density at radius 2 is 1.74 bits per heavy atom. The Morgan fingerprint density at radius 3 is 2.17 bits per heavy atom. The second-order valence-corrected chi connectivity index (χ2v) is 6.63. The minimum absolute atomic E-state index is 0.169. The van der Waals surface area contributed by atoms with E-state index < -0.39 is 17.0 Å². The minimum Gasteiger partial charge on any atom is -0.274 e. The minimum atomic E-state index is -4.37. The summed E-state index contributed by atoms with van der Waals surface area (Å²) in [5, 5.41) is 3.71. The summed E-state index contributed by atoms with van der Waals surface area (Å²) in [5.74, 6) is 0. The highest BCUT2D eigenvalue weighted by Gasteiger charge is 2.30. The van der Waals surface area contributed by atoms with Gasteiger partial charge in [0.25, 0.3) is 5.24 Å². The molecule has 3 nitrogen and oxygen atoms in total. The number of nitrogens with zero attached hydrogens (tertiary/aromatic N) is 2. The van der Waals surface area contributed by atoms with E-state index >= 15 is 0 Å². The molecule has 0 fully saturated rings. The monoisotopic (exact) mass is 344 g/mol. The van der Waals surface area contributed by atoms with Crippen LogP contribution >= 0.6 is 11.6 Å². The second kappa shape index (κ2) is 6.00. The fourth-order valence-electron chi connectivity index (χ4n) is 2.03. The Balaban J connectivity index is 2.32. The molecule has 0 unspecified atom stereocenters. The highest BCUT2D eigenvalue weighted by atomic mass is 35.5. The SMILES string of the molecule is CC(C)(C)c1cc(C(=O)Cl)n(Cc2ccc(C(F)(F)F)cc2)n1. The highest BCUT2D eigenvalue weighted by molar-refractivity contribution is 6.67. The molecule has 0 aliphatic rings. The van der Waals surface area contributed by atoms with Crippen LogP contribution in [0.4, 0.5) is 13.2 Å². The standard InChI is InChI=1S/C16H16ClF3N2O/c1-15(2,3)13-8-12(14(17)23)22(21-13)9-10-4-6-11(7-5-10)16(18,19)20/h4-8H,9H2,1-3H3. The van der Waals surface area contributed by atoms with E-state index in [2.05, 4.69) is 5.10 Å². The number of carbonyl (C=O) groups is 1. The molecule has 0 aliphatic heterocycles. The highest BCUT2D eigenvalue weighted by Crippen LogP contribution is 2.29. The van der Waals surface area contributed by atoms with Crippen LogP contribution in [0, 0.1) is 0 Å². The molecule has 0 saturated heterocycles. The van der Waals surface area contributed by atoms with E-state index in [-0.39, 0.29) is 17.7 Å². The van der Waals surface area contributed by atoms with Crippen LogP contribution in [-0.4, -0.2) is 15.0 Å². The van der Waals surface area contributed by atoms with Crippen molar-refractivity contribution in [3.8, 4) is 0 Å². The quantitative estimate of drug-likeness (QED) is 0.761. The van der Waals surface area contributed by atoms with Crippen molar-refractivity contribution in [2.24, 2.45) is 0 Å². The van der Waals surface area contributed by atoms with Gasteiger partial charge in [-0.1, -0.05) is 32.9 Å². The molecule has 23 heavy (non-hydrogen) atoms. The molecule has 124 valence electrons. The van der Waals surface area contributed by atoms with Gasteiger partial charge in [-0.25, -0.2) is 0 Å². The maximum absolute atomic E-state index is 12.6. The number of aromatic nitrogens is 2. The third-order valence-electron chi connectivity index (χ3n) is 3.36. The Kier molecular flexibility index (Phi) is 4.57. The molecular formula is C16H16ClF3N2O. The first-order chi connectivity index (χ1) is 10.5. The summed E-state index contributed by atoms with van der Waals surface area (Å²) in [6, 6.07) is 6.35. The van der Waals surface area contributed by atoms with Crippen molar-refractivity contribution in [3.05, 3.63) is 52.8 Å². The lowest BCUT2D eigenvalue weighted by Gasteiger charge is -2.14. The summed E-state index contributed by atoms with van der Waals surface area (Å²) >= 11 is 5.57. The first-order valence-corrected chi connectivity index (χ1v) is 7.30. The Bertz CT molecular complexity index is 712. The zero-order chi connectivity index (χ0) is 17.4. The summed E-state index contributed by atoms with van der Waals surface area (Å²) in [4.78, 5) is 11.5. The summed E-state index contributed by atoms with van der Waals surface area (Å²) in [6.45, 7) is 6.00. The zero-order valence-corrected chi connectivity index (χ0v) is 13.7. The van der Waals surface area contributed by atoms with Gasteiger partial charge in [-0.3, -0.25) is 9.48 Å². The predicted octanol–water partition coefficient (Wildman–Crippen LogP) is 4.63. The van der Waals surface area contributed by atoms with Crippen LogP contribution < -0.4 is 0 Å². The van der Waals surface area contributed by atoms with Gasteiger partial charge in [0.05, 0.1) is 17.8 Å². The van der Waals surface area contributed by atoms with Crippen molar-refractivity contribution < 1.29 is 18.0 Å². The number of carbonyl (C=O) groups excluding carboxylic acids is 1. The maximum Gasteiger partial charge on any atom is 0.416 e. The lowest BCUT2D eigenvalue weighted by molar-refractivity contribution is -0.137. The molecule has 7 heteroatoms. The molecule has 2 rings (SSSR count). The van der Waals surface area contributed by atoms with Gasteiger partial charge in [0, 0.05) is 5.41 Å². The molecule has 0 aliphatic carbocycles. The van der Waals surface area contributed by atoms with Crippen molar-refractivity contribution in [3.63, 3.8) is 0 Å². The molecule has 1 heterocycles. The van der Waals surface area contributed by atoms with Gasteiger partial charge in [-0.2, -0.15) is 18.3 Å². The molecule has 2 aromatic rings. The van der Waals surface area contributed by atoms with Gasteiger partial charge >= 0.3 is 6.18 Å². The van der Waals surface area contributed by atoms with Crippen LogP contribution in [-0.2, 0) is 18.1 Å². The summed E-state index contributed by atoms with van der Waals surface area (Å²) < 4.78 is 39.1. The van der Waals surface area contributed by atoms with E-state index in [0.29, 0.717) is 11.3 Å². The molecule has 0 atom stereocenters. The van der Waals surface area contributed by atoms with Crippen LogP contribution in [0.25, 0.3) is 0 Å². The Hall–Kier alpha value is -1.82. The molecule has 1 aromatic heterocycles. The molecule has 1 aromatic carbocycles. The van der Waals surface area contributed by atoms with Crippen molar-refractivity contribution in [2.45, 2.75) is 38.9 Å². The van der Waals surface area contributed by atoms with Crippen molar-refractivity contribution in [2.75, 3.05) is 0 Å². The first-order valence-electron chi connectivity index (χ1n) is 6.93. The van der Waals surface area contributed by atoms with Crippen molar-refractivity contribution in [1.29, 1.82) is 0 Å². The van der Waals surface area contributed by atoms with Crippen LogP contribution in [0.3, 0.4) is 0 Å². The van der Waals surface area contributed by atoms with Gasteiger partial charge in [-0.05, 0) is 35.4 Å². The van der Waals surface area contributed by atoms with E-state index in [4.69, 9.17) is 11.6 Å². The normalized spacial score (nSPS) is 12.5. The fourth-order valence-corrected chi connectivity index (χ4v) is 2.19. The number of benzene rings is 1. The summed E-state index contributed by atoms with van der Waals surface area (Å²) in [7, 11) is 0. The van der Waals surface area contributed by atoms with Gasteiger partial charge in [0.2, 0.25) is 0 Å². The lowest BCUT2D eigenvalue weighted by Crippen LogP contribution is -2.13. The van der Waals surface area contributed by atoms with E-state index in [9.17, 15) is 18.0 Å². The summed E-state index contributed by atoms with van der Waals surface area (Å²) in [5.41, 5.74) is 0.517. The van der Waals surface area contributed by atoms with Crippen LogP contribution in [0.5, 0.6) is 0 Å². The molecule has 0 radical (unpaired) electrons. The average Bonchev–Trinajstić information content (AvgIpc) is 2.82. The molecule has 0 saturated carbocycles. The van der Waals surface area contributed by atoms with Crippen LogP contribution in [0.15, 0.2) is 30.3 Å². The van der Waals surface area contributed by atoms with Gasteiger partial charge in [0.15, 0.2) is 0 Å². The van der Waals surface area contributed by atoms with Crippen molar-refractivity contribution >= 4 is 16.8 Å². The number of hydrogen-bond acceptors (Lipinski definition) is 2. The smallest absolute Gasteiger partial charge is 0.274 e. The van der Waals surface area contributed by atoms with E-state index in [1.165, 1.54) is 16.8 Å². The maximum atomic E-state index is 12.6. The number of hydrogen-bond donors (Lipinski definition) is 0. The van der Waals surface area contributed by atoms with Gasteiger partial charge in [-0.15, -0.1) is 0 Å². The summed E-state index contributed by atoms with van der Waals surface area (Å²) in [6.07, 6.45) is -4.37. The van der Waals surface area contributed by atoms with Gasteiger partial charge < -0.3 is 0 Å². The fraction of sp³-hybridized carbons (Fsp3) is 0.375. The third kappa shape index (κ3) is 4.13. The zero-order valence-electron chi connectivity index (χ0n) is 12.9. The molecular weight excluding hydrogens is 329 g/mol.